The summed E-state index contributed by atoms with van der Waals surface area (Å²) in [5.74, 6) is 2.81. The van der Waals surface area contributed by atoms with E-state index in [1.807, 2.05) is 0 Å². The first-order valence-electron chi connectivity index (χ1n) is 9.18. The lowest BCUT2D eigenvalue weighted by Gasteiger charge is -2.31. The predicted octanol–water partition coefficient (Wildman–Crippen LogP) is 3.03. The van der Waals surface area contributed by atoms with Crippen LogP contribution in [0.2, 0.25) is 0 Å². The monoisotopic (exact) mass is 358 g/mol. The van der Waals surface area contributed by atoms with Crippen molar-refractivity contribution >= 4 is 28.8 Å². The van der Waals surface area contributed by atoms with E-state index in [1.54, 1.807) is 0 Å². The fraction of sp³-hybridized carbons (Fsp3) is 0. The normalized spacial score (nSPS) is 13.4. The highest BCUT2D eigenvalue weighted by molar-refractivity contribution is 7.22. The van der Waals surface area contributed by atoms with E-state index in [4.69, 9.17) is 6.42 Å². The van der Waals surface area contributed by atoms with Crippen molar-refractivity contribution < 1.29 is 0 Å². The van der Waals surface area contributed by atoms with E-state index in [9.17, 15) is 0 Å². The molecule has 0 atom stereocenters. The Bertz CT molecular complexity index is 1130. The Morgan fingerprint density at radius 1 is 0.556 bits per heavy atom. The summed E-state index contributed by atoms with van der Waals surface area (Å²) in [5, 5.41) is 5.71. The first-order valence-corrected chi connectivity index (χ1v) is 11.2. The van der Waals surface area contributed by atoms with Gasteiger partial charge in [0.2, 0.25) is 0 Å². The third kappa shape index (κ3) is 2.18. The standard InChI is InChI=1S/C26H18Si/c1-2-20-17-18-26-24(19-20)23-15-9-10-16-25(23)27(26,21-11-5-3-6-12-21)22-13-7-4-8-14-22/h1,3-19H. The summed E-state index contributed by atoms with van der Waals surface area (Å²) >= 11 is 0. The minimum absolute atomic E-state index is 0.939. The van der Waals surface area contributed by atoms with Crippen LogP contribution in [0.4, 0.5) is 0 Å². The van der Waals surface area contributed by atoms with E-state index in [1.165, 1.54) is 31.9 Å². The summed E-state index contributed by atoms with van der Waals surface area (Å²) in [4.78, 5) is 0. The highest BCUT2D eigenvalue weighted by Crippen LogP contribution is 2.29. The van der Waals surface area contributed by atoms with Crippen LogP contribution in [-0.2, 0) is 0 Å². The van der Waals surface area contributed by atoms with E-state index in [-0.39, 0.29) is 0 Å². The predicted molar refractivity (Wildman–Crippen MR) is 117 cm³/mol. The molecule has 0 bridgehead atoms. The van der Waals surface area contributed by atoms with Gasteiger partial charge in [-0.15, -0.1) is 6.42 Å². The average Bonchev–Trinajstić information content (AvgIpc) is 3.05. The summed E-state index contributed by atoms with van der Waals surface area (Å²) in [5.41, 5.74) is 3.55. The van der Waals surface area contributed by atoms with Crippen molar-refractivity contribution in [2.45, 2.75) is 0 Å². The van der Waals surface area contributed by atoms with E-state index in [0.717, 1.165) is 5.56 Å². The van der Waals surface area contributed by atoms with Crippen LogP contribution in [-0.4, -0.2) is 8.07 Å². The summed E-state index contributed by atoms with van der Waals surface area (Å²) < 4.78 is 0. The van der Waals surface area contributed by atoms with Crippen molar-refractivity contribution in [1.29, 1.82) is 0 Å². The van der Waals surface area contributed by atoms with Crippen LogP contribution >= 0.6 is 0 Å². The Kier molecular flexibility index (Phi) is 3.60. The smallest absolute Gasteiger partial charge is 0.115 e. The van der Waals surface area contributed by atoms with Gasteiger partial charge < -0.3 is 0 Å². The SMILES string of the molecule is C#Cc1ccc2c(c1)-c1ccccc1[Si]2(c1ccccc1)c1ccccc1. The Labute approximate surface area is 161 Å². The van der Waals surface area contributed by atoms with Crippen LogP contribution in [0.15, 0.2) is 103 Å². The molecule has 1 heteroatoms. The van der Waals surface area contributed by atoms with Crippen molar-refractivity contribution in [3.63, 3.8) is 0 Å². The zero-order valence-corrected chi connectivity index (χ0v) is 15.9. The van der Waals surface area contributed by atoms with Crippen LogP contribution < -0.4 is 20.7 Å². The van der Waals surface area contributed by atoms with Crippen LogP contribution in [0.1, 0.15) is 5.56 Å². The molecule has 5 rings (SSSR count). The Balaban J connectivity index is 1.97. The summed E-state index contributed by atoms with van der Waals surface area (Å²) in [6.45, 7) is 0. The van der Waals surface area contributed by atoms with E-state index in [2.05, 4.69) is 109 Å². The first kappa shape index (κ1) is 15.9. The molecule has 0 amide bonds. The molecule has 126 valence electrons. The lowest BCUT2D eigenvalue weighted by molar-refractivity contribution is 1.66. The van der Waals surface area contributed by atoms with Gasteiger partial charge in [-0.1, -0.05) is 96.9 Å². The minimum atomic E-state index is -2.33. The fourth-order valence-corrected chi connectivity index (χ4v) is 9.70. The quantitative estimate of drug-likeness (QED) is 0.336. The van der Waals surface area contributed by atoms with E-state index in [0.29, 0.717) is 0 Å². The molecule has 1 aliphatic heterocycles. The van der Waals surface area contributed by atoms with Crippen molar-refractivity contribution in [2.75, 3.05) is 0 Å². The zero-order valence-electron chi connectivity index (χ0n) is 14.9. The molecule has 0 spiro atoms. The third-order valence-corrected chi connectivity index (χ3v) is 10.5. The lowest BCUT2D eigenvalue weighted by atomic mass is 10.0. The van der Waals surface area contributed by atoms with Crippen molar-refractivity contribution in [3.8, 4) is 23.5 Å². The molecule has 4 aromatic rings. The molecule has 0 saturated carbocycles. The number of hydrogen-bond donors (Lipinski definition) is 0. The molecule has 0 N–H and O–H groups in total. The van der Waals surface area contributed by atoms with Crippen molar-refractivity contribution in [2.24, 2.45) is 0 Å². The summed E-state index contributed by atoms with van der Waals surface area (Å²) in [7, 11) is -2.33. The molecular weight excluding hydrogens is 340 g/mol. The van der Waals surface area contributed by atoms with Crippen LogP contribution in [0.25, 0.3) is 11.1 Å². The van der Waals surface area contributed by atoms with E-state index < -0.39 is 8.07 Å². The molecule has 0 saturated heterocycles. The maximum atomic E-state index is 5.72. The van der Waals surface area contributed by atoms with Gasteiger partial charge in [0, 0.05) is 5.56 Å². The maximum Gasteiger partial charge on any atom is 0.180 e. The minimum Gasteiger partial charge on any atom is -0.115 e. The molecule has 1 heterocycles. The number of hydrogen-bond acceptors (Lipinski definition) is 0. The number of terminal acetylenes is 1. The molecule has 0 radical (unpaired) electrons. The summed E-state index contributed by atoms with van der Waals surface area (Å²) in [6.07, 6.45) is 5.72. The van der Waals surface area contributed by atoms with Gasteiger partial charge in [0.15, 0.2) is 8.07 Å². The van der Waals surface area contributed by atoms with Crippen LogP contribution in [0.5, 0.6) is 0 Å². The third-order valence-electron chi connectivity index (χ3n) is 5.63. The van der Waals surface area contributed by atoms with Gasteiger partial charge in [0.05, 0.1) is 0 Å². The van der Waals surface area contributed by atoms with Gasteiger partial charge in [0.1, 0.15) is 0 Å². The van der Waals surface area contributed by atoms with Gasteiger partial charge in [-0.3, -0.25) is 0 Å². The second kappa shape index (κ2) is 6.12. The maximum absolute atomic E-state index is 5.72. The number of benzene rings is 4. The second-order valence-corrected chi connectivity index (χ2v) is 10.7. The van der Waals surface area contributed by atoms with Gasteiger partial charge in [0.25, 0.3) is 0 Å². The average molecular weight is 359 g/mol. The fourth-order valence-electron chi connectivity index (χ4n) is 4.54. The molecule has 0 fully saturated rings. The van der Waals surface area contributed by atoms with Crippen LogP contribution in [0, 0.1) is 12.3 Å². The molecule has 0 aromatic heterocycles. The molecule has 0 aliphatic carbocycles. The Morgan fingerprint density at radius 3 is 1.74 bits per heavy atom. The largest absolute Gasteiger partial charge is 0.180 e. The second-order valence-electron chi connectivity index (χ2n) is 6.93. The van der Waals surface area contributed by atoms with E-state index >= 15 is 0 Å². The number of rotatable bonds is 2. The molecule has 27 heavy (non-hydrogen) atoms. The molecule has 0 nitrogen and oxygen atoms in total. The molecule has 1 aliphatic rings. The molecular formula is C26H18Si. The van der Waals surface area contributed by atoms with Gasteiger partial charge in [-0.05, 0) is 44.0 Å². The zero-order chi connectivity index (χ0) is 18.3. The summed E-state index contributed by atoms with van der Waals surface area (Å²) in [6, 6.07) is 37.4. The highest BCUT2D eigenvalue weighted by atomic mass is 28.3. The first-order chi connectivity index (χ1) is 13.4. The van der Waals surface area contributed by atoms with Gasteiger partial charge >= 0.3 is 0 Å². The number of fused-ring (bicyclic) bond motifs is 3. The van der Waals surface area contributed by atoms with Crippen LogP contribution in [0.3, 0.4) is 0 Å². The highest BCUT2D eigenvalue weighted by Gasteiger charge is 2.48. The van der Waals surface area contributed by atoms with Crippen molar-refractivity contribution in [1.82, 2.24) is 0 Å². The Hall–Kier alpha value is -3.34. The molecule has 0 unspecified atom stereocenters. The van der Waals surface area contributed by atoms with Crippen molar-refractivity contribution in [3.05, 3.63) is 109 Å². The lowest BCUT2D eigenvalue weighted by Crippen LogP contribution is -2.72. The molecule has 4 aromatic carbocycles. The van der Waals surface area contributed by atoms with Gasteiger partial charge in [-0.25, -0.2) is 0 Å². The Morgan fingerprint density at radius 2 is 1.11 bits per heavy atom. The van der Waals surface area contributed by atoms with Gasteiger partial charge in [-0.2, -0.15) is 0 Å². The topological polar surface area (TPSA) is 0 Å².